The Bertz CT molecular complexity index is 564. The number of carbonyl (C=O) groups excluding carboxylic acids is 1. The minimum absolute atomic E-state index is 0.228. The Hall–Kier alpha value is -1.88. The number of rotatable bonds is 2. The number of nitrogens with zero attached hydrogens (tertiary/aromatic N) is 3. The van der Waals surface area contributed by atoms with Crippen molar-refractivity contribution in [2.75, 3.05) is 5.32 Å². The van der Waals surface area contributed by atoms with Crippen LogP contribution < -0.4 is 5.32 Å². The topological polar surface area (TPSA) is 59.8 Å². The molecule has 0 fully saturated rings. The van der Waals surface area contributed by atoms with Gasteiger partial charge in [-0.2, -0.15) is 5.10 Å². The van der Waals surface area contributed by atoms with Crippen LogP contribution in [0.2, 0.25) is 5.15 Å². The molecule has 0 saturated carbocycles. The number of aryl methyl sites for hydroxylation is 2. The molecule has 0 unspecified atom stereocenters. The average Bonchev–Trinajstić information content (AvgIpc) is 2.70. The average molecular weight is 251 g/mol. The van der Waals surface area contributed by atoms with Crippen LogP contribution in [0.15, 0.2) is 24.5 Å². The molecule has 0 aliphatic carbocycles. The van der Waals surface area contributed by atoms with Crippen LogP contribution in [0.25, 0.3) is 0 Å². The molecular weight excluding hydrogens is 240 g/mol. The standard InChI is InChI=1S/C11H11ClN4O/c1-7-5-8(6-13-10(7)12)15-11(17)9-3-4-14-16(9)2/h3-6H,1-2H3,(H,15,17). The molecular formula is C11H11ClN4O. The van der Waals surface area contributed by atoms with Crippen LogP contribution >= 0.6 is 11.6 Å². The largest absolute Gasteiger partial charge is 0.319 e. The zero-order valence-corrected chi connectivity index (χ0v) is 10.2. The van der Waals surface area contributed by atoms with E-state index >= 15 is 0 Å². The molecule has 0 aliphatic heterocycles. The van der Waals surface area contributed by atoms with Crippen LogP contribution in [0, 0.1) is 6.92 Å². The van der Waals surface area contributed by atoms with E-state index in [1.165, 1.54) is 10.9 Å². The maximum absolute atomic E-state index is 11.9. The third-order valence-corrected chi connectivity index (χ3v) is 2.72. The first kappa shape index (κ1) is 11.6. The fraction of sp³-hybridized carbons (Fsp3) is 0.182. The number of aromatic nitrogens is 3. The van der Waals surface area contributed by atoms with Gasteiger partial charge in [-0.25, -0.2) is 4.98 Å². The predicted octanol–water partition coefficient (Wildman–Crippen LogP) is 2.03. The second kappa shape index (κ2) is 4.55. The lowest BCUT2D eigenvalue weighted by Gasteiger charge is -2.06. The molecule has 0 aromatic carbocycles. The van der Waals surface area contributed by atoms with Gasteiger partial charge in [0.25, 0.3) is 5.91 Å². The lowest BCUT2D eigenvalue weighted by molar-refractivity contribution is 0.101. The summed E-state index contributed by atoms with van der Waals surface area (Å²) in [6.45, 7) is 1.83. The van der Waals surface area contributed by atoms with E-state index in [-0.39, 0.29) is 5.91 Å². The summed E-state index contributed by atoms with van der Waals surface area (Å²) in [5.41, 5.74) is 1.91. The molecule has 2 heterocycles. The Morgan fingerprint density at radius 2 is 2.29 bits per heavy atom. The van der Waals surface area contributed by atoms with Gasteiger partial charge in [-0.3, -0.25) is 9.48 Å². The lowest BCUT2D eigenvalue weighted by Crippen LogP contribution is -2.16. The second-order valence-corrected chi connectivity index (χ2v) is 3.98. The summed E-state index contributed by atoms with van der Waals surface area (Å²) in [6, 6.07) is 3.41. The summed E-state index contributed by atoms with van der Waals surface area (Å²) in [6.07, 6.45) is 3.09. The molecule has 2 aromatic heterocycles. The number of pyridine rings is 1. The van der Waals surface area contributed by atoms with E-state index in [9.17, 15) is 4.79 Å². The van der Waals surface area contributed by atoms with Crippen molar-refractivity contribution in [2.24, 2.45) is 7.05 Å². The van der Waals surface area contributed by atoms with Gasteiger partial charge in [0.2, 0.25) is 0 Å². The summed E-state index contributed by atoms with van der Waals surface area (Å²) < 4.78 is 1.51. The molecule has 1 N–H and O–H groups in total. The molecule has 0 bridgehead atoms. The molecule has 17 heavy (non-hydrogen) atoms. The van der Waals surface area contributed by atoms with Gasteiger partial charge in [0.05, 0.1) is 11.9 Å². The fourth-order valence-electron chi connectivity index (χ4n) is 1.42. The van der Waals surface area contributed by atoms with Gasteiger partial charge in [-0.05, 0) is 24.6 Å². The van der Waals surface area contributed by atoms with Crippen molar-refractivity contribution < 1.29 is 4.79 Å². The van der Waals surface area contributed by atoms with E-state index < -0.39 is 0 Å². The molecule has 5 nitrogen and oxygen atoms in total. The van der Waals surface area contributed by atoms with Crippen molar-refractivity contribution in [2.45, 2.75) is 6.92 Å². The molecule has 2 rings (SSSR count). The number of halogens is 1. The van der Waals surface area contributed by atoms with Gasteiger partial charge >= 0.3 is 0 Å². The summed E-state index contributed by atoms with van der Waals surface area (Å²) in [7, 11) is 1.71. The van der Waals surface area contributed by atoms with Gasteiger partial charge in [-0.15, -0.1) is 0 Å². The lowest BCUT2D eigenvalue weighted by atomic mass is 10.3. The van der Waals surface area contributed by atoms with Gasteiger partial charge in [0.15, 0.2) is 0 Å². The first-order valence-electron chi connectivity index (χ1n) is 4.99. The van der Waals surface area contributed by atoms with Crippen LogP contribution in [0.3, 0.4) is 0 Å². The van der Waals surface area contributed by atoms with Crippen LogP contribution in [0.1, 0.15) is 16.1 Å². The van der Waals surface area contributed by atoms with Crippen molar-refractivity contribution >= 4 is 23.2 Å². The second-order valence-electron chi connectivity index (χ2n) is 3.63. The number of carbonyl (C=O) groups is 1. The zero-order valence-electron chi connectivity index (χ0n) is 9.44. The highest BCUT2D eigenvalue weighted by Crippen LogP contribution is 2.16. The molecule has 88 valence electrons. The van der Waals surface area contributed by atoms with Crippen molar-refractivity contribution in [3.8, 4) is 0 Å². The van der Waals surface area contributed by atoms with Gasteiger partial charge < -0.3 is 5.32 Å². The number of amides is 1. The van der Waals surface area contributed by atoms with Crippen LogP contribution in [0.5, 0.6) is 0 Å². The minimum atomic E-state index is -0.228. The van der Waals surface area contributed by atoms with E-state index in [1.807, 2.05) is 6.92 Å². The maximum atomic E-state index is 11.9. The van der Waals surface area contributed by atoms with E-state index in [2.05, 4.69) is 15.4 Å². The fourth-order valence-corrected chi connectivity index (χ4v) is 1.52. The van der Waals surface area contributed by atoms with Crippen LogP contribution in [-0.2, 0) is 7.05 Å². The summed E-state index contributed by atoms with van der Waals surface area (Å²) >= 11 is 5.80. The summed E-state index contributed by atoms with van der Waals surface area (Å²) in [5, 5.41) is 7.10. The van der Waals surface area contributed by atoms with Gasteiger partial charge in [-0.1, -0.05) is 11.6 Å². The molecule has 1 amide bonds. The third kappa shape index (κ3) is 2.45. The van der Waals surface area contributed by atoms with E-state index in [4.69, 9.17) is 11.6 Å². The van der Waals surface area contributed by atoms with Crippen molar-refractivity contribution in [3.63, 3.8) is 0 Å². The van der Waals surface area contributed by atoms with Crippen LogP contribution in [-0.4, -0.2) is 20.7 Å². The maximum Gasteiger partial charge on any atom is 0.273 e. The van der Waals surface area contributed by atoms with E-state index in [1.54, 1.807) is 25.4 Å². The molecule has 0 saturated heterocycles. The first-order valence-corrected chi connectivity index (χ1v) is 5.37. The van der Waals surface area contributed by atoms with Crippen molar-refractivity contribution in [3.05, 3.63) is 40.9 Å². The Morgan fingerprint density at radius 3 is 2.88 bits per heavy atom. The number of hydrogen-bond donors (Lipinski definition) is 1. The number of anilines is 1. The monoisotopic (exact) mass is 250 g/mol. The molecule has 2 aromatic rings. The SMILES string of the molecule is Cc1cc(NC(=O)c2ccnn2C)cnc1Cl. The first-order chi connectivity index (χ1) is 8.08. The van der Waals surface area contributed by atoms with Crippen molar-refractivity contribution in [1.82, 2.24) is 14.8 Å². The van der Waals surface area contributed by atoms with E-state index in [0.29, 0.717) is 16.5 Å². The zero-order chi connectivity index (χ0) is 12.4. The highest BCUT2D eigenvalue weighted by molar-refractivity contribution is 6.30. The highest BCUT2D eigenvalue weighted by Gasteiger charge is 2.10. The van der Waals surface area contributed by atoms with Crippen LogP contribution in [0.4, 0.5) is 5.69 Å². The third-order valence-electron chi connectivity index (χ3n) is 2.33. The van der Waals surface area contributed by atoms with Gasteiger partial charge in [0, 0.05) is 13.2 Å². The summed E-state index contributed by atoms with van der Waals surface area (Å²) in [4.78, 5) is 15.8. The predicted molar refractivity (Wildman–Crippen MR) is 65.1 cm³/mol. The van der Waals surface area contributed by atoms with Gasteiger partial charge in [0.1, 0.15) is 10.8 Å². The van der Waals surface area contributed by atoms with Crippen molar-refractivity contribution in [1.29, 1.82) is 0 Å². The Kier molecular flexibility index (Phi) is 3.10. The molecule has 0 aliphatic rings. The number of hydrogen-bond acceptors (Lipinski definition) is 3. The minimum Gasteiger partial charge on any atom is -0.319 e. The molecule has 0 spiro atoms. The normalized spacial score (nSPS) is 10.3. The van der Waals surface area contributed by atoms with E-state index in [0.717, 1.165) is 5.56 Å². The Morgan fingerprint density at radius 1 is 1.53 bits per heavy atom. The molecule has 0 radical (unpaired) electrons. The Balaban J connectivity index is 2.19. The Labute approximate surface area is 103 Å². The smallest absolute Gasteiger partial charge is 0.273 e. The highest BCUT2D eigenvalue weighted by atomic mass is 35.5. The number of nitrogens with one attached hydrogen (secondary N) is 1. The quantitative estimate of drug-likeness (QED) is 0.830. The molecule has 0 atom stereocenters. The molecule has 6 heteroatoms. The summed E-state index contributed by atoms with van der Waals surface area (Å²) in [5.74, 6) is -0.228.